The van der Waals surface area contributed by atoms with Crippen molar-refractivity contribution in [1.29, 1.82) is 0 Å². The molecule has 5 heterocycles. The molecule has 20 aromatic rings. The third kappa shape index (κ3) is 8.14. The van der Waals surface area contributed by atoms with E-state index in [1.165, 1.54) is 110 Å². The average Bonchev–Trinajstić information content (AvgIpc) is 1.43. The Morgan fingerprint density at radius 3 is 1.26 bits per heavy atom. The molecule has 0 saturated heterocycles. The number of hydrogen-bond donors (Lipinski definition) is 0. The minimum absolute atomic E-state index is 0.293. The van der Waals surface area contributed by atoms with Crippen molar-refractivity contribution in [1.82, 2.24) is 8.97 Å². The lowest BCUT2D eigenvalue weighted by molar-refractivity contribution is 0.794. The van der Waals surface area contributed by atoms with Gasteiger partial charge in [0.2, 0.25) is 0 Å². The second-order valence-electron chi connectivity index (χ2n) is 29.7. The van der Waals surface area contributed by atoms with Gasteiger partial charge in [0.15, 0.2) is 0 Å². The summed E-state index contributed by atoms with van der Waals surface area (Å²) in [6.45, 7) is -0.293. The second kappa shape index (κ2) is 22.5. The van der Waals surface area contributed by atoms with E-state index in [1.54, 1.807) is 0 Å². The van der Waals surface area contributed by atoms with Gasteiger partial charge < -0.3 is 18.8 Å². The largest absolute Gasteiger partial charge is 0.311 e. The molecule has 498 valence electrons. The number of hydrogen-bond acceptors (Lipinski definition) is 2. The van der Waals surface area contributed by atoms with Crippen LogP contribution in [-0.4, -0.2) is 15.7 Å². The van der Waals surface area contributed by atoms with Gasteiger partial charge in [-0.2, -0.15) is 0 Å². The molecule has 0 bridgehead atoms. The van der Waals surface area contributed by atoms with Crippen molar-refractivity contribution in [3.63, 3.8) is 0 Å². The molecule has 3 aromatic heterocycles. The van der Waals surface area contributed by atoms with Gasteiger partial charge in [0.25, 0.3) is 6.71 Å². The SMILES string of the molecule is c1ccc(-c2cc(-c3ccccc3)cc(N3c4cc5c(cc4B4c6ccc(-n7c8ccccc8c8ccccc87)cc6N(c6c(-c7ccccc7)cccc6-c6ccccc6)c6cc(-c7ccc8c(c7)c7cccc9c%10ccccc%10n8c97)cc3c64)C3(c4ccccc4-c4ccccc43)c3ccccc3-5)c2)cc1. The predicted octanol–water partition coefficient (Wildman–Crippen LogP) is 24.7. The zero-order chi connectivity index (χ0) is 70.5. The number of nitrogens with zero attached hydrogens (tertiary/aromatic N) is 4. The Balaban J connectivity index is 0.881. The normalized spacial score (nSPS) is 13.4. The van der Waals surface area contributed by atoms with Gasteiger partial charge in [-0.3, -0.25) is 0 Å². The van der Waals surface area contributed by atoms with Crippen molar-refractivity contribution in [3.05, 3.63) is 404 Å². The molecule has 0 fully saturated rings. The molecule has 0 N–H and O–H groups in total. The Hall–Kier alpha value is -14.0. The number of benzene rings is 17. The Bertz CT molecular complexity index is 6980. The fraction of sp³-hybridized carbons (Fsp3) is 0.00971. The molecule has 17 aromatic carbocycles. The third-order valence-electron chi connectivity index (χ3n) is 24.4. The molecule has 0 unspecified atom stereocenters. The van der Waals surface area contributed by atoms with Gasteiger partial charge in [-0.1, -0.05) is 303 Å². The van der Waals surface area contributed by atoms with E-state index >= 15 is 0 Å². The van der Waals surface area contributed by atoms with Crippen LogP contribution in [0.2, 0.25) is 0 Å². The van der Waals surface area contributed by atoms with Crippen LogP contribution in [-0.2, 0) is 5.41 Å². The first-order chi connectivity index (χ1) is 53.6. The fourth-order valence-electron chi connectivity index (χ4n) is 20.0. The summed E-state index contributed by atoms with van der Waals surface area (Å²) in [6.07, 6.45) is 0. The number of anilines is 6. The molecule has 108 heavy (non-hydrogen) atoms. The van der Waals surface area contributed by atoms with Crippen LogP contribution >= 0.6 is 0 Å². The van der Waals surface area contributed by atoms with Crippen LogP contribution in [0.4, 0.5) is 34.1 Å². The Morgan fingerprint density at radius 2 is 0.667 bits per heavy atom. The zero-order valence-corrected chi connectivity index (χ0v) is 58.7. The van der Waals surface area contributed by atoms with Crippen LogP contribution in [0.5, 0.6) is 0 Å². The molecule has 5 heteroatoms. The highest BCUT2D eigenvalue weighted by Gasteiger charge is 2.54. The number of para-hydroxylation sites is 5. The maximum Gasteiger partial charge on any atom is 0.252 e. The van der Waals surface area contributed by atoms with E-state index < -0.39 is 5.41 Å². The lowest BCUT2D eigenvalue weighted by atomic mass is 9.33. The molecule has 0 amide bonds. The summed E-state index contributed by atoms with van der Waals surface area (Å²) < 4.78 is 5.01. The Labute approximate surface area is 625 Å². The van der Waals surface area contributed by atoms with Gasteiger partial charge in [-0.25, -0.2) is 0 Å². The first-order valence-corrected chi connectivity index (χ1v) is 37.7. The third-order valence-corrected chi connectivity index (χ3v) is 24.4. The number of fused-ring (bicyclic) bond motifs is 23. The summed E-state index contributed by atoms with van der Waals surface area (Å²) in [7, 11) is 0. The molecule has 24 rings (SSSR count). The van der Waals surface area contributed by atoms with Gasteiger partial charge in [0.05, 0.1) is 38.7 Å². The van der Waals surface area contributed by atoms with Crippen LogP contribution in [0.1, 0.15) is 22.3 Å². The molecule has 0 saturated carbocycles. The van der Waals surface area contributed by atoms with Gasteiger partial charge in [0, 0.05) is 77.6 Å². The van der Waals surface area contributed by atoms with E-state index in [4.69, 9.17) is 0 Å². The van der Waals surface area contributed by atoms with Crippen molar-refractivity contribution in [2.24, 2.45) is 0 Å². The molecule has 0 atom stereocenters. The van der Waals surface area contributed by atoms with E-state index in [0.29, 0.717) is 0 Å². The van der Waals surface area contributed by atoms with Crippen LogP contribution in [0.3, 0.4) is 0 Å². The van der Waals surface area contributed by atoms with Crippen molar-refractivity contribution in [2.75, 3.05) is 9.80 Å². The predicted molar refractivity (Wildman–Crippen MR) is 453 cm³/mol. The highest BCUT2D eigenvalue weighted by atomic mass is 15.2. The van der Waals surface area contributed by atoms with Crippen LogP contribution in [0, 0.1) is 0 Å². The van der Waals surface area contributed by atoms with Crippen molar-refractivity contribution in [2.45, 2.75) is 5.41 Å². The maximum absolute atomic E-state index is 2.72. The molecule has 1 spiro atoms. The lowest BCUT2D eigenvalue weighted by Crippen LogP contribution is -2.61. The summed E-state index contributed by atoms with van der Waals surface area (Å²) >= 11 is 0. The Morgan fingerprint density at radius 1 is 0.222 bits per heavy atom. The minimum Gasteiger partial charge on any atom is -0.311 e. The molecule has 4 nitrogen and oxygen atoms in total. The topological polar surface area (TPSA) is 15.8 Å². The second-order valence-corrected chi connectivity index (χ2v) is 29.7. The molecule has 4 aliphatic rings. The van der Waals surface area contributed by atoms with Crippen molar-refractivity contribution in [3.8, 4) is 83.6 Å². The smallest absolute Gasteiger partial charge is 0.252 e. The highest BCUT2D eigenvalue weighted by molar-refractivity contribution is 7.00. The van der Waals surface area contributed by atoms with Gasteiger partial charge in [0.1, 0.15) is 0 Å². The number of rotatable bonds is 8. The standard InChI is InChI=1S/C103H63BN4/c1-5-27-64(28-6-1)69-55-70(65-29-7-2-8-30-65)57-73(56-69)106-97-62-84-78-37-15-21-47-88(78)103(86-45-19-13-35-76(86)77-36-14-20-46-87(77)103)89(84)63-91(97)104-90-53-52-72(105-92-48-22-16-38-79(92)80-39-17-23-49-93(80)105)61-96(90)108(101-74(66-31-9-3-10-32-66)41-25-42-75(101)67-33-11-4-12-34-67)99-60-71(59-98(106)100(99)104)68-51-54-95-85(58-68)83-44-26-43-82-81-40-18-24-50-94(81)107(95)102(82)83/h1-63H. The zero-order valence-electron chi connectivity index (χ0n) is 58.7. The summed E-state index contributed by atoms with van der Waals surface area (Å²) in [5, 5.41) is 7.47. The lowest BCUT2D eigenvalue weighted by Gasteiger charge is -2.46. The monoisotopic (exact) mass is 1370 g/mol. The molecular weight excluding hydrogens is 1300 g/mol. The van der Waals surface area contributed by atoms with Crippen molar-refractivity contribution >= 4 is 117 Å². The fourth-order valence-corrected chi connectivity index (χ4v) is 20.0. The maximum atomic E-state index is 2.72. The van der Waals surface area contributed by atoms with Crippen molar-refractivity contribution < 1.29 is 0 Å². The van der Waals surface area contributed by atoms with E-state index in [2.05, 4.69) is 401 Å². The van der Waals surface area contributed by atoms with Gasteiger partial charge >= 0.3 is 0 Å². The minimum atomic E-state index is -0.617. The van der Waals surface area contributed by atoms with Crippen LogP contribution in [0.15, 0.2) is 382 Å². The van der Waals surface area contributed by atoms with Gasteiger partial charge in [-0.15, -0.1) is 0 Å². The van der Waals surface area contributed by atoms with E-state index in [-0.39, 0.29) is 6.71 Å². The molecule has 0 radical (unpaired) electrons. The summed E-state index contributed by atoms with van der Waals surface area (Å²) in [4.78, 5) is 5.41. The van der Waals surface area contributed by atoms with Gasteiger partial charge in [-0.05, 0) is 184 Å². The van der Waals surface area contributed by atoms with Crippen LogP contribution < -0.4 is 26.2 Å². The molecular formula is C103H63BN4. The van der Waals surface area contributed by atoms with Crippen LogP contribution in [0.25, 0.3) is 143 Å². The Kier molecular flexibility index (Phi) is 12.4. The molecule has 2 aliphatic carbocycles. The average molecular weight is 1370 g/mol. The summed E-state index contributed by atoms with van der Waals surface area (Å²) in [5.74, 6) is 0. The van der Waals surface area contributed by atoms with E-state index in [1.807, 2.05) is 0 Å². The first kappa shape index (κ1) is 59.4. The molecule has 2 aliphatic heterocycles. The summed E-state index contributed by atoms with van der Waals surface area (Å²) in [5.41, 5.74) is 38.6. The van der Waals surface area contributed by atoms with E-state index in [9.17, 15) is 0 Å². The summed E-state index contributed by atoms with van der Waals surface area (Å²) in [6, 6.07) is 145. The highest BCUT2D eigenvalue weighted by Crippen LogP contribution is 2.64. The number of aromatic nitrogens is 2. The van der Waals surface area contributed by atoms with E-state index in [0.717, 1.165) is 106 Å². The first-order valence-electron chi connectivity index (χ1n) is 37.7. The quantitative estimate of drug-likeness (QED) is 0.141.